The molecule has 0 spiro atoms. The summed E-state index contributed by atoms with van der Waals surface area (Å²) in [4.78, 5) is 0. The van der Waals surface area contributed by atoms with Crippen LogP contribution in [0.2, 0.25) is 0 Å². The molecule has 3 unspecified atom stereocenters. The van der Waals surface area contributed by atoms with E-state index in [0.717, 1.165) is 11.5 Å². The molecule has 0 aliphatic carbocycles. The van der Waals surface area contributed by atoms with Gasteiger partial charge >= 0.3 is 0 Å². The largest absolute Gasteiger partial charge is 0.460 e. The first-order valence-electron chi connectivity index (χ1n) is 4.83. The molecular weight excluding hydrogens is 192 g/mol. The number of hydrogen-bond donors (Lipinski definition) is 0. The quantitative estimate of drug-likeness (QED) is 0.419. The highest BCUT2D eigenvalue weighted by molar-refractivity contribution is 5.13. The van der Waals surface area contributed by atoms with E-state index in [1.807, 2.05) is 29.2 Å². The molecule has 0 bridgehead atoms. The van der Waals surface area contributed by atoms with Crippen LogP contribution in [-0.2, 0) is 11.3 Å². The molecule has 0 amide bonds. The molecule has 1 radical (unpaired) electrons. The fraction of sp³-hybridized carbons (Fsp3) is 0.364. The fourth-order valence-electron chi connectivity index (χ4n) is 1.49. The van der Waals surface area contributed by atoms with Crippen LogP contribution in [0.25, 0.3) is 0 Å². The molecule has 0 N–H and O–H groups in total. The van der Waals surface area contributed by atoms with Crippen LogP contribution in [0.1, 0.15) is 17.7 Å². The monoisotopic (exact) mass is 207 g/mol. The van der Waals surface area contributed by atoms with Gasteiger partial charge in [-0.15, -0.1) is 6.58 Å². The lowest BCUT2D eigenvalue weighted by Crippen LogP contribution is -1.90. The Morgan fingerprint density at radius 1 is 1.60 bits per heavy atom. The van der Waals surface area contributed by atoms with Crippen LogP contribution in [0, 0.1) is 7.05 Å². The van der Waals surface area contributed by atoms with E-state index in [9.17, 15) is 0 Å². The average molecular weight is 207 g/mol. The Hall–Kier alpha value is -1.10. The second-order valence-corrected chi connectivity index (χ2v) is 3.49. The third kappa shape index (κ3) is 2.12. The molecule has 2 rings (SSSR count). The molecule has 1 aromatic heterocycles. The summed E-state index contributed by atoms with van der Waals surface area (Å²) in [6.07, 6.45) is 1.90. The van der Waals surface area contributed by atoms with Crippen LogP contribution in [0.4, 0.5) is 0 Å². The van der Waals surface area contributed by atoms with Crippen molar-refractivity contribution in [3.8, 4) is 0 Å². The predicted molar refractivity (Wildman–Crippen MR) is 56.3 cm³/mol. The number of hydrazine groups is 1. The zero-order valence-electron chi connectivity index (χ0n) is 8.85. The van der Waals surface area contributed by atoms with Crippen molar-refractivity contribution in [2.45, 2.75) is 12.8 Å². The fourth-order valence-corrected chi connectivity index (χ4v) is 1.49. The lowest BCUT2D eigenvalue weighted by atomic mass is 10.4. The third-order valence-corrected chi connectivity index (χ3v) is 2.40. The van der Waals surface area contributed by atoms with Gasteiger partial charge in [-0.2, -0.15) is 0 Å². The minimum Gasteiger partial charge on any atom is -0.460 e. The topological polar surface area (TPSA) is 28.4 Å². The molecule has 81 valence electrons. The van der Waals surface area contributed by atoms with Crippen molar-refractivity contribution in [1.82, 2.24) is 10.0 Å². The number of ether oxygens (including phenoxy) is 1. The molecule has 1 aliphatic heterocycles. The molecule has 2 heterocycles. The van der Waals surface area contributed by atoms with Gasteiger partial charge in [-0.3, -0.25) is 0 Å². The molecule has 0 saturated carbocycles. The summed E-state index contributed by atoms with van der Waals surface area (Å²) in [6.45, 7) is 4.61. The van der Waals surface area contributed by atoms with E-state index in [-0.39, 0.29) is 6.17 Å². The minimum absolute atomic E-state index is 0.179. The normalized spacial score (nSPS) is 29.1. The molecule has 1 fully saturated rings. The van der Waals surface area contributed by atoms with Gasteiger partial charge in [0, 0.05) is 14.1 Å². The Bertz CT molecular complexity index is 340. The first-order chi connectivity index (χ1) is 7.24. The summed E-state index contributed by atoms with van der Waals surface area (Å²) in [5.41, 5.74) is 0. The molecule has 1 aliphatic rings. The first-order valence-corrected chi connectivity index (χ1v) is 4.83. The molecule has 4 nitrogen and oxygen atoms in total. The number of rotatable bonds is 5. The van der Waals surface area contributed by atoms with Gasteiger partial charge in [0.15, 0.2) is 0 Å². The zero-order chi connectivity index (χ0) is 10.8. The SMILES string of the molecule is [CH2]N1C(c2ccc(COCC=C)o2)N1C. The number of nitrogens with zero attached hydrogens (tertiary/aromatic N) is 2. The van der Waals surface area contributed by atoms with Crippen molar-refractivity contribution in [2.24, 2.45) is 0 Å². The average Bonchev–Trinajstić information content (AvgIpc) is 2.68. The molecule has 0 aromatic carbocycles. The van der Waals surface area contributed by atoms with Crippen LogP contribution in [-0.4, -0.2) is 23.7 Å². The van der Waals surface area contributed by atoms with E-state index in [0.29, 0.717) is 13.2 Å². The molecule has 15 heavy (non-hydrogen) atoms. The van der Waals surface area contributed by atoms with Crippen LogP contribution < -0.4 is 0 Å². The number of hydrogen-bond acceptors (Lipinski definition) is 4. The van der Waals surface area contributed by atoms with E-state index in [1.54, 1.807) is 6.08 Å². The molecule has 4 heteroatoms. The summed E-state index contributed by atoms with van der Waals surface area (Å²) >= 11 is 0. The maximum absolute atomic E-state index is 5.61. The Labute approximate surface area is 89.7 Å². The maximum Gasteiger partial charge on any atom is 0.147 e. The molecule has 1 aromatic rings. The van der Waals surface area contributed by atoms with Crippen molar-refractivity contribution in [3.05, 3.63) is 43.4 Å². The summed E-state index contributed by atoms with van der Waals surface area (Å²) in [5, 5.41) is 3.85. The van der Waals surface area contributed by atoms with Gasteiger partial charge in [0.1, 0.15) is 24.3 Å². The van der Waals surface area contributed by atoms with E-state index < -0.39 is 0 Å². The van der Waals surface area contributed by atoms with Gasteiger partial charge in [0.25, 0.3) is 0 Å². The summed E-state index contributed by atoms with van der Waals surface area (Å²) in [7, 11) is 5.79. The highest BCUT2D eigenvalue weighted by Crippen LogP contribution is 2.38. The molecule has 3 atom stereocenters. The summed E-state index contributed by atoms with van der Waals surface area (Å²) in [5.74, 6) is 1.74. The molecular formula is C11H15N2O2. The van der Waals surface area contributed by atoms with Crippen LogP contribution in [0.3, 0.4) is 0 Å². The Kier molecular flexibility index (Phi) is 2.90. The first kappa shape index (κ1) is 10.4. The summed E-state index contributed by atoms with van der Waals surface area (Å²) in [6, 6.07) is 3.89. The maximum atomic E-state index is 5.61. The highest BCUT2D eigenvalue weighted by Gasteiger charge is 2.42. The van der Waals surface area contributed by atoms with Crippen LogP contribution in [0.15, 0.2) is 29.2 Å². The third-order valence-electron chi connectivity index (χ3n) is 2.40. The Morgan fingerprint density at radius 3 is 2.93 bits per heavy atom. The Balaban J connectivity index is 1.90. The van der Waals surface area contributed by atoms with Gasteiger partial charge in [0.2, 0.25) is 0 Å². The second kappa shape index (κ2) is 4.18. The van der Waals surface area contributed by atoms with Gasteiger partial charge < -0.3 is 9.15 Å². The Morgan fingerprint density at radius 2 is 2.33 bits per heavy atom. The predicted octanol–water partition coefficient (Wildman–Crippen LogP) is 1.93. The summed E-state index contributed by atoms with van der Waals surface area (Å²) < 4.78 is 10.9. The highest BCUT2D eigenvalue weighted by atomic mass is 16.5. The van der Waals surface area contributed by atoms with Crippen molar-refractivity contribution < 1.29 is 9.15 Å². The van der Waals surface area contributed by atoms with Gasteiger partial charge in [-0.1, -0.05) is 6.08 Å². The minimum atomic E-state index is 0.179. The van der Waals surface area contributed by atoms with E-state index >= 15 is 0 Å². The van der Waals surface area contributed by atoms with Gasteiger partial charge in [0.05, 0.1) is 6.61 Å². The second-order valence-electron chi connectivity index (χ2n) is 3.49. The standard InChI is InChI=1S/C11H15N2O2/c1-4-7-14-8-9-5-6-10(15-9)11-12(2)13(11)3/h4-6,11H,1-2,7-8H2,3H3. The van der Waals surface area contributed by atoms with E-state index in [2.05, 4.69) is 13.6 Å². The zero-order valence-corrected chi connectivity index (χ0v) is 8.85. The van der Waals surface area contributed by atoms with Crippen LogP contribution >= 0.6 is 0 Å². The van der Waals surface area contributed by atoms with Crippen molar-refractivity contribution >= 4 is 0 Å². The van der Waals surface area contributed by atoms with Crippen molar-refractivity contribution in [2.75, 3.05) is 13.7 Å². The van der Waals surface area contributed by atoms with Crippen molar-refractivity contribution in [3.63, 3.8) is 0 Å². The smallest absolute Gasteiger partial charge is 0.147 e. The lowest BCUT2D eigenvalue weighted by Gasteiger charge is -1.96. The van der Waals surface area contributed by atoms with Gasteiger partial charge in [-0.25, -0.2) is 10.0 Å². The molecule has 1 saturated heterocycles. The van der Waals surface area contributed by atoms with Crippen molar-refractivity contribution in [1.29, 1.82) is 0 Å². The lowest BCUT2D eigenvalue weighted by molar-refractivity contribution is 0.130. The van der Waals surface area contributed by atoms with Crippen LogP contribution in [0.5, 0.6) is 0 Å². The van der Waals surface area contributed by atoms with E-state index in [4.69, 9.17) is 9.15 Å². The van der Waals surface area contributed by atoms with Gasteiger partial charge in [-0.05, 0) is 12.1 Å². The van der Waals surface area contributed by atoms with E-state index in [1.165, 1.54) is 0 Å². The number of furan rings is 1.